The van der Waals surface area contributed by atoms with Crippen LogP contribution in [0.1, 0.15) is 33.9 Å². The van der Waals surface area contributed by atoms with Crippen LogP contribution in [0.3, 0.4) is 0 Å². The third-order valence-corrected chi connectivity index (χ3v) is 6.09. The molecule has 4 heterocycles. The van der Waals surface area contributed by atoms with Crippen molar-refractivity contribution in [3.63, 3.8) is 0 Å². The van der Waals surface area contributed by atoms with Crippen LogP contribution in [0.15, 0.2) is 42.9 Å². The molecule has 2 atom stereocenters. The molecule has 9 nitrogen and oxygen atoms in total. The van der Waals surface area contributed by atoms with Gasteiger partial charge >= 0.3 is 0 Å². The van der Waals surface area contributed by atoms with E-state index < -0.39 is 0 Å². The Labute approximate surface area is 189 Å². The minimum absolute atomic E-state index is 0.417. The molecule has 1 saturated carbocycles. The van der Waals surface area contributed by atoms with Crippen LogP contribution in [0.25, 0.3) is 11.1 Å². The topological polar surface area (TPSA) is 111 Å². The van der Waals surface area contributed by atoms with Crippen LogP contribution < -0.4 is 10.1 Å². The smallest absolute Gasteiger partial charge is 0.218 e. The molecule has 32 heavy (non-hydrogen) atoms. The van der Waals surface area contributed by atoms with Gasteiger partial charge in [-0.1, -0.05) is 17.4 Å². The van der Waals surface area contributed by atoms with Crippen molar-refractivity contribution in [1.82, 2.24) is 35.3 Å². The Bertz CT molecular complexity index is 1200. The molecule has 5 rings (SSSR count). The number of aryl methyl sites for hydroxylation is 2. The molecule has 0 unspecified atom stereocenters. The van der Waals surface area contributed by atoms with E-state index in [1.165, 1.54) is 0 Å². The number of rotatable bonds is 8. The van der Waals surface area contributed by atoms with Gasteiger partial charge in [0.05, 0.1) is 25.5 Å². The van der Waals surface area contributed by atoms with Gasteiger partial charge in [-0.2, -0.15) is 15.2 Å². The van der Waals surface area contributed by atoms with Crippen molar-refractivity contribution < 1.29 is 4.74 Å². The predicted octanol–water partition coefficient (Wildman–Crippen LogP) is 3.59. The first-order valence-electron chi connectivity index (χ1n) is 10.4. The van der Waals surface area contributed by atoms with E-state index in [4.69, 9.17) is 4.74 Å². The summed E-state index contributed by atoms with van der Waals surface area (Å²) in [6.45, 7) is 4.98. The molecule has 1 aliphatic carbocycles. The van der Waals surface area contributed by atoms with Gasteiger partial charge in [0.2, 0.25) is 5.88 Å². The van der Waals surface area contributed by atoms with Crippen LogP contribution in [0.4, 0.5) is 5.82 Å². The van der Waals surface area contributed by atoms with Gasteiger partial charge in [-0.3, -0.25) is 4.98 Å². The highest BCUT2D eigenvalue weighted by molar-refractivity contribution is 7.11. The zero-order valence-electron chi connectivity index (χ0n) is 17.8. The Morgan fingerprint density at radius 2 is 1.97 bits per heavy atom. The molecule has 4 aromatic heterocycles. The number of nitrogens with zero attached hydrogens (tertiary/aromatic N) is 7. The number of hydrogen-bond acceptors (Lipinski definition) is 10. The van der Waals surface area contributed by atoms with Gasteiger partial charge in [0.25, 0.3) is 0 Å². The molecule has 0 aliphatic heterocycles. The van der Waals surface area contributed by atoms with Crippen molar-refractivity contribution in [2.75, 3.05) is 11.9 Å². The third-order valence-electron chi connectivity index (χ3n) is 5.25. The summed E-state index contributed by atoms with van der Waals surface area (Å²) in [6, 6.07) is 7.93. The maximum atomic E-state index is 5.99. The van der Waals surface area contributed by atoms with Crippen LogP contribution in [-0.2, 0) is 6.54 Å². The molecule has 0 bridgehead atoms. The Morgan fingerprint density at radius 1 is 1.06 bits per heavy atom. The molecule has 1 aliphatic rings. The monoisotopic (exact) mass is 446 g/mol. The lowest BCUT2D eigenvalue weighted by Gasteiger charge is -2.09. The maximum absolute atomic E-state index is 5.99. The lowest BCUT2D eigenvalue weighted by Crippen LogP contribution is -2.07. The highest BCUT2D eigenvalue weighted by Gasteiger charge is 2.40. The lowest BCUT2D eigenvalue weighted by molar-refractivity contribution is 0.284. The Morgan fingerprint density at radius 3 is 2.72 bits per heavy atom. The van der Waals surface area contributed by atoms with E-state index in [9.17, 15) is 0 Å². The largest absolute Gasteiger partial charge is 0.477 e. The summed E-state index contributed by atoms with van der Waals surface area (Å²) in [7, 11) is 0. The Hall–Kier alpha value is -3.53. The van der Waals surface area contributed by atoms with Crippen LogP contribution in [-0.4, -0.2) is 42.0 Å². The fourth-order valence-corrected chi connectivity index (χ4v) is 4.17. The SMILES string of the molecule is Cc1nc(NCc2nnc(C)s2)cc(OC[C@H]2C[C@@H]2c2ccc(-c3ccnnc3)cn2)n1. The molecule has 0 spiro atoms. The molecular formula is C22H22N8OS. The zero-order chi connectivity index (χ0) is 21.9. The number of aromatic nitrogens is 7. The molecule has 10 heteroatoms. The first-order valence-corrected chi connectivity index (χ1v) is 11.2. The quantitative estimate of drug-likeness (QED) is 0.434. The lowest BCUT2D eigenvalue weighted by atomic mass is 10.1. The van der Waals surface area contributed by atoms with Crippen LogP contribution >= 0.6 is 11.3 Å². The molecule has 0 radical (unpaired) electrons. The van der Waals surface area contributed by atoms with Gasteiger partial charge in [0.15, 0.2) is 0 Å². The van der Waals surface area contributed by atoms with Gasteiger partial charge in [-0.05, 0) is 32.4 Å². The second-order valence-electron chi connectivity index (χ2n) is 7.72. The maximum Gasteiger partial charge on any atom is 0.218 e. The zero-order valence-corrected chi connectivity index (χ0v) is 18.6. The first-order chi connectivity index (χ1) is 15.6. The van der Waals surface area contributed by atoms with E-state index in [1.54, 1.807) is 23.7 Å². The highest BCUT2D eigenvalue weighted by Crippen LogP contribution is 2.46. The van der Waals surface area contributed by atoms with Crippen molar-refractivity contribution in [3.05, 3.63) is 64.4 Å². The summed E-state index contributed by atoms with van der Waals surface area (Å²) in [6.07, 6.45) is 6.39. The average molecular weight is 447 g/mol. The first kappa shape index (κ1) is 20.4. The van der Waals surface area contributed by atoms with Gasteiger partial charge in [0, 0.05) is 40.9 Å². The highest BCUT2D eigenvalue weighted by atomic mass is 32.1. The van der Waals surface area contributed by atoms with Gasteiger partial charge in [-0.25, -0.2) is 4.98 Å². The summed E-state index contributed by atoms with van der Waals surface area (Å²) >= 11 is 1.56. The number of hydrogen-bond donors (Lipinski definition) is 1. The molecular weight excluding hydrogens is 424 g/mol. The van der Waals surface area contributed by atoms with E-state index in [-0.39, 0.29) is 0 Å². The van der Waals surface area contributed by atoms with Crippen LogP contribution in [0.2, 0.25) is 0 Å². The van der Waals surface area contributed by atoms with Gasteiger partial charge in [-0.15, -0.1) is 10.2 Å². The third kappa shape index (κ3) is 4.86. The summed E-state index contributed by atoms with van der Waals surface area (Å²) < 4.78 is 5.99. The summed E-state index contributed by atoms with van der Waals surface area (Å²) in [5.41, 5.74) is 3.15. The summed E-state index contributed by atoms with van der Waals surface area (Å²) in [5, 5.41) is 21.0. The van der Waals surface area contributed by atoms with E-state index in [0.29, 0.717) is 36.7 Å². The molecule has 0 aromatic carbocycles. The van der Waals surface area contributed by atoms with Crippen molar-refractivity contribution >= 4 is 17.2 Å². The average Bonchev–Trinajstić information content (AvgIpc) is 3.48. The van der Waals surface area contributed by atoms with Crippen molar-refractivity contribution in [3.8, 4) is 17.0 Å². The minimum Gasteiger partial charge on any atom is -0.477 e. The van der Waals surface area contributed by atoms with Crippen LogP contribution in [0, 0.1) is 19.8 Å². The second kappa shape index (κ2) is 8.91. The normalized spacial score (nSPS) is 17.2. The fraction of sp³-hybridized carbons (Fsp3) is 0.318. The molecule has 1 N–H and O–H groups in total. The molecule has 1 fully saturated rings. The summed E-state index contributed by atoms with van der Waals surface area (Å²) in [4.78, 5) is 13.5. The number of ether oxygens (including phenoxy) is 1. The molecule has 0 amide bonds. The van der Waals surface area contributed by atoms with E-state index in [0.717, 1.165) is 39.1 Å². The van der Waals surface area contributed by atoms with Crippen molar-refractivity contribution in [2.45, 2.75) is 32.7 Å². The fourth-order valence-electron chi connectivity index (χ4n) is 3.52. The van der Waals surface area contributed by atoms with Gasteiger partial charge < -0.3 is 10.1 Å². The summed E-state index contributed by atoms with van der Waals surface area (Å²) in [5.74, 6) is 2.81. The predicted molar refractivity (Wildman–Crippen MR) is 120 cm³/mol. The van der Waals surface area contributed by atoms with E-state index in [2.05, 4.69) is 52.8 Å². The molecule has 162 valence electrons. The molecule has 4 aromatic rings. The number of anilines is 1. The van der Waals surface area contributed by atoms with Crippen molar-refractivity contribution in [2.24, 2.45) is 5.92 Å². The van der Waals surface area contributed by atoms with E-state index >= 15 is 0 Å². The minimum atomic E-state index is 0.417. The standard InChI is InChI=1S/C22H22N8OS/c1-13-27-20(24-11-22-30-29-14(2)32-22)8-21(28-13)31-12-17-7-18(17)19-4-3-15(9-23-19)16-5-6-25-26-10-16/h3-6,8-10,17-18H,7,11-12H2,1-2H3,(H,24,27,28)/t17-,18+/m1/s1. The van der Waals surface area contributed by atoms with Crippen LogP contribution in [0.5, 0.6) is 5.88 Å². The number of pyridine rings is 1. The number of nitrogens with one attached hydrogen (secondary N) is 1. The molecule has 0 saturated heterocycles. The second-order valence-corrected chi connectivity index (χ2v) is 8.99. The van der Waals surface area contributed by atoms with Gasteiger partial charge in [0.1, 0.15) is 21.7 Å². The van der Waals surface area contributed by atoms with Crippen molar-refractivity contribution in [1.29, 1.82) is 0 Å². The Kier molecular flexibility index (Phi) is 5.68. The Balaban J connectivity index is 1.16. The van der Waals surface area contributed by atoms with E-state index in [1.807, 2.05) is 32.2 Å².